The summed E-state index contributed by atoms with van der Waals surface area (Å²) < 4.78 is 1.07. The summed E-state index contributed by atoms with van der Waals surface area (Å²) in [5.74, 6) is 0.747. The van der Waals surface area contributed by atoms with Crippen LogP contribution in [0, 0.1) is 0 Å². The van der Waals surface area contributed by atoms with Crippen molar-refractivity contribution in [2.75, 3.05) is 33.7 Å². The van der Waals surface area contributed by atoms with E-state index in [2.05, 4.69) is 39.3 Å². The van der Waals surface area contributed by atoms with E-state index in [9.17, 15) is 4.79 Å². The van der Waals surface area contributed by atoms with Crippen LogP contribution < -0.4 is 5.32 Å². The largest absolute Gasteiger partial charge is 0.313 e. The van der Waals surface area contributed by atoms with Crippen LogP contribution in [0.5, 0.6) is 0 Å². The second-order valence-corrected chi connectivity index (χ2v) is 6.12. The fraction of sp³-hybridized carbons (Fsp3) is 0.533. The van der Waals surface area contributed by atoms with Crippen LogP contribution >= 0.6 is 15.9 Å². The lowest BCUT2D eigenvalue weighted by Crippen LogP contribution is -2.29. The molecule has 104 valence electrons. The lowest BCUT2D eigenvalue weighted by molar-refractivity contribution is 0.0993. The van der Waals surface area contributed by atoms with E-state index in [1.165, 1.54) is 18.4 Å². The van der Waals surface area contributed by atoms with Crippen molar-refractivity contribution < 1.29 is 4.79 Å². The van der Waals surface area contributed by atoms with Gasteiger partial charge in [-0.05, 0) is 57.6 Å². The number of likely N-dealkylation sites (tertiary alicyclic amines) is 1. The summed E-state index contributed by atoms with van der Waals surface area (Å²) in [5, 5.41) is 2.90. The molecule has 0 spiro atoms. The molecular weight excluding hydrogens is 304 g/mol. The normalized spacial score (nSPS) is 17.6. The number of rotatable bonds is 4. The van der Waals surface area contributed by atoms with Crippen LogP contribution in [0.15, 0.2) is 22.7 Å². The van der Waals surface area contributed by atoms with Gasteiger partial charge in [0.25, 0.3) is 0 Å². The van der Waals surface area contributed by atoms with Crippen LogP contribution in [0.3, 0.4) is 0 Å². The van der Waals surface area contributed by atoms with Crippen LogP contribution in [0.1, 0.15) is 34.7 Å². The highest BCUT2D eigenvalue weighted by molar-refractivity contribution is 9.10. The van der Waals surface area contributed by atoms with Gasteiger partial charge in [0.15, 0.2) is 5.78 Å². The molecule has 0 unspecified atom stereocenters. The Morgan fingerprint density at radius 1 is 1.42 bits per heavy atom. The molecule has 1 fully saturated rings. The van der Waals surface area contributed by atoms with Gasteiger partial charge >= 0.3 is 0 Å². The van der Waals surface area contributed by atoms with Gasteiger partial charge in [0, 0.05) is 10.0 Å². The zero-order valence-electron chi connectivity index (χ0n) is 11.6. The van der Waals surface area contributed by atoms with Gasteiger partial charge in [-0.3, -0.25) is 4.79 Å². The second kappa shape index (κ2) is 6.64. The molecule has 0 aliphatic carbocycles. The molecule has 19 heavy (non-hydrogen) atoms. The highest BCUT2D eigenvalue weighted by Gasteiger charge is 2.20. The third-order valence-corrected chi connectivity index (χ3v) is 4.50. The van der Waals surface area contributed by atoms with Crippen LogP contribution in [0.25, 0.3) is 0 Å². The van der Waals surface area contributed by atoms with Crippen LogP contribution in [-0.2, 0) is 0 Å². The van der Waals surface area contributed by atoms with Crippen LogP contribution in [0.2, 0.25) is 0 Å². The van der Waals surface area contributed by atoms with Crippen molar-refractivity contribution >= 4 is 21.7 Å². The van der Waals surface area contributed by atoms with Crippen molar-refractivity contribution in [1.29, 1.82) is 0 Å². The molecule has 3 nitrogen and oxygen atoms in total. The lowest BCUT2D eigenvalue weighted by Gasteiger charge is -2.29. The van der Waals surface area contributed by atoms with Crippen LogP contribution in [0.4, 0.5) is 0 Å². The van der Waals surface area contributed by atoms with Crippen molar-refractivity contribution in [3.05, 3.63) is 33.8 Å². The maximum atomic E-state index is 11.8. The maximum Gasteiger partial charge on any atom is 0.176 e. The van der Waals surface area contributed by atoms with Gasteiger partial charge in [-0.1, -0.05) is 28.1 Å². The topological polar surface area (TPSA) is 32.3 Å². The first-order valence-electron chi connectivity index (χ1n) is 6.77. The highest BCUT2D eigenvalue weighted by Crippen LogP contribution is 2.33. The molecular formula is C15H21BrN2O. The summed E-state index contributed by atoms with van der Waals surface area (Å²) in [6.07, 6.45) is 2.39. The van der Waals surface area contributed by atoms with Crippen molar-refractivity contribution in [2.24, 2.45) is 0 Å². The number of piperidine rings is 1. The lowest BCUT2D eigenvalue weighted by atomic mass is 9.89. The third-order valence-electron chi connectivity index (χ3n) is 3.82. The van der Waals surface area contributed by atoms with Crippen molar-refractivity contribution in [3.63, 3.8) is 0 Å². The van der Waals surface area contributed by atoms with Gasteiger partial charge in [-0.25, -0.2) is 0 Å². The van der Waals surface area contributed by atoms with E-state index in [1.807, 2.05) is 12.1 Å². The van der Waals surface area contributed by atoms with Crippen molar-refractivity contribution in [1.82, 2.24) is 10.2 Å². The number of halogens is 1. The zero-order chi connectivity index (χ0) is 13.8. The predicted molar refractivity (Wildman–Crippen MR) is 81.9 cm³/mol. The van der Waals surface area contributed by atoms with E-state index in [4.69, 9.17) is 0 Å². The van der Waals surface area contributed by atoms with Gasteiger partial charge in [-0.15, -0.1) is 0 Å². The average Bonchev–Trinajstić information content (AvgIpc) is 2.40. The smallest absolute Gasteiger partial charge is 0.176 e. The number of hydrogen-bond acceptors (Lipinski definition) is 3. The van der Waals surface area contributed by atoms with Gasteiger partial charge in [0.2, 0.25) is 0 Å². The van der Waals surface area contributed by atoms with Gasteiger partial charge in [0.05, 0.1) is 6.54 Å². The van der Waals surface area contributed by atoms with Crippen LogP contribution in [-0.4, -0.2) is 44.4 Å². The molecule has 1 aromatic carbocycles. The monoisotopic (exact) mass is 324 g/mol. The number of Topliss-reactive ketones (excluding diaryl/α,β-unsaturated/α-hetero) is 1. The molecule has 1 saturated heterocycles. The maximum absolute atomic E-state index is 11.8. The molecule has 2 rings (SSSR count). The molecule has 0 bridgehead atoms. The minimum Gasteiger partial charge on any atom is -0.313 e. The molecule has 1 N–H and O–H groups in total. The van der Waals surface area contributed by atoms with Crippen molar-refractivity contribution in [2.45, 2.75) is 18.8 Å². The molecule has 1 heterocycles. The Balaban J connectivity index is 2.13. The van der Waals surface area contributed by atoms with Gasteiger partial charge < -0.3 is 10.2 Å². The summed E-state index contributed by atoms with van der Waals surface area (Å²) in [5.41, 5.74) is 2.12. The molecule has 0 saturated carbocycles. The molecule has 4 heteroatoms. The Morgan fingerprint density at radius 3 is 2.68 bits per heavy atom. The van der Waals surface area contributed by atoms with E-state index in [0.29, 0.717) is 12.5 Å². The Hall–Kier alpha value is -0.710. The van der Waals surface area contributed by atoms with E-state index in [1.54, 1.807) is 7.05 Å². The summed E-state index contributed by atoms with van der Waals surface area (Å²) in [4.78, 5) is 14.2. The standard InChI is InChI=1S/C15H21BrN2O/c1-17-10-15(19)12-3-4-13(14(16)9-12)11-5-7-18(2)8-6-11/h3-4,9,11,17H,5-8,10H2,1-2H3. The molecule has 0 aromatic heterocycles. The van der Waals surface area contributed by atoms with Crippen molar-refractivity contribution in [3.8, 4) is 0 Å². The summed E-state index contributed by atoms with van der Waals surface area (Å²) in [7, 11) is 3.96. The summed E-state index contributed by atoms with van der Waals surface area (Å²) >= 11 is 3.63. The van der Waals surface area contributed by atoms with Gasteiger partial charge in [0.1, 0.15) is 0 Å². The number of carbonyl (C=O) groups is 1. The molecule has 0 amide bonds. The summed E-state index contributed by atoms with van der Waals surface area (Å²) in [6, 6.07) is 6.04. The molecule has 1 aromatic rings. The number of carbonyl (C=O) groups excluding carboxylic acids is 1. The van der Waals surface area contributed by atoms with E-state index >= 15 is 0 Å². The fourth-order valence-electron chi connectivity index (χ4n) is 2.61. The minimum absolute atomic E-state index is 0.137. The van der Waals surface area contributed by atoms with E-state index in [0.717, 1.165) is 23.1 Å². The molecule has 0 atom stereocenters. The van der Waals surface area contributed by atoms with Gasteiger partial charge in [-0.2, -0.15) is 0 Å². The first-order chi connectivity index (χ1) is 9.11. The number of hydrogen-bond donors (Lipinski definition) is 1. The number of ketones is 1. The first kappa shape index (κ1) is 14.7. The molecule has 1 aliphatic heterocycles. The fourth-order valence-corrected chi connectivity index (χ4v) is 3.32. The SMILES string of the molecule is CNCC(=O)c1ccc(C2CCN(C)CC2)c(Br)c1. The average molecular weight is 325 g/mol. The second-order valence-electron chi connectivity index (χ2n) is 5.27. The molecule has 1 aliphatic rings. The Kier molecular flexibility index (Phi) is 5.13. The Bertz CT molecular complexity index is 453. The number of benzene rings is 1. The van der Waals surface area contributed by atoms with E-state index in [-0.39, 0.29) is 5.78 Å². The minimum atomic E-state index is 0.137. The number of nitrogens with one attached hydrogen (secondary N) is 1. The Morgan fingerprint density at radius 2 is 2.11 bits per heavy atom. The number of nitrogens with zero attached hydrogens (tertiary/aromatic N) is 1. The quantitative estimate of drug-likeness (QED) is 0.864. The number of likely N-dealkylation sites (N-methyl/N-ethyl adjacent to an activating group) is 1. The highest BCUT2D eigenvalue weighted by atomic mass is 79.9. The van der Waals surface area contributed by atoms with E-state index < -0.39 is 0 Å². The summed E-state index contributed by atoms with van der Waals surface area (Å²) in [6.45, 7) is 2.69. The Labute approximate surface area is 123 Å². The molecule has 0 radical (unpaired) electrons. The zero-order valence-corrected chi connectivity index (χ0v) is 13.2. The predicted octanol–water partition coefficient (Wildman–Crippen LogP) is 2.66. The first-order valence-corrected chi connectivity index (χ1v) is 7.57. The third kappa shape index (κ3) is 3.65.